The third kappa shape index (κ3) is 3.69. The summed E-state index contributed by atoms with van der Waals surface area (Å²) in [4.78, 5) is 0. The normalized spacial score (nSPS) is 12.2. The van der Waals surface area contributed by atoms with E-state index in [0.717, 1.165) is 5.56 Å². The lowest BCUT2D eigenvalue weighted by molar-refractivity contribution is 0.290. The number of aryl methyl sites for hydroxylation is 1. The number of benzene rings is 2. The first-order chi connectivity index (χ1) is 9.06. The Morgan fingerprint density at radius 1 is 1.21 bits per heavy atom. The monoisotopic (exact) mass is 279 g/mol. The predicted molar refractivity (Wildman–Crippen MR) is 75.0 cm³/mol. The quantitative estimate of drug-likeness (QED) is 0.922. The molecule has 0 heterocycles. The van der Waals surface area contributed by atoms with Crippen LogP contribution in [0, 0.1) is 12.7 Å². The van der Waals surface area contributed by atoms with Crippen molar-refractivity contribution in [2.45, 2.75) is 13.0 Å². The van der Waals surface area contributed by atoms with Crippen LogP contribution in [0.4, 0.5) is 4.39 Å². The molecular weight excluding hydrogens is 265 g/mol. The van der Waals surface area contributed by atoms with Gasteiger partial charge in [-0.15, -0.1) is 0 Å². The molecule has 0 bridgehead atoms. The molecule has 0 saturated carbocycles. The van der Waals surface area contributed by atoms with E-state index < -0.39 is 0 Å². The van der Waals surface area contributed by atoms with Crippen LogP contribution in [0.25, 0.3) is 0 Å². The average Bonchev–Trinajstić information content (AvgIpc) is 2.41. The predicted octanol–water partition coefficient (Wildman–Crippen LogP) is 3.87. The van der Waals surface area contributed by atoms with Gasteiger partial charge in [0.25, 0.3) is 0 Å². The maximum absolute atomic E-state index is 13.2. The fourth-order valence-corrected chi connectivity index (χ4v) is 1.84. The van der Waals surface area contributed by atoms with Gasteiger partial charge in [0.05, 0.1) is 6.04 Å². The van der Waals surface area contributed by atoms with Crippen LogP contribution in [0.15, 0.2) is 42.5 Å². The van der Waals surface area contributed by atoms with Crippen LogP contribution in [0.2, 0.25) is 5.02 Å². The van der Waals surface area contributed by atoms with E-state index in [2.05, 4.69) is 0 Å². The van der Waals surface area contributed by atoms with Crippen LogP contribution in [0.3, 0.4) is 0 Å². The summed E-state index contributed by atoms with van der Waals surface area (Å²) >= 11 is 5.79. The summed E-state index contributed by atoms with van der Waals surface area (Å²) in [5, 5.41) is 0.658. The molecule has 19 heavy (non-hydrogen) atoms. The molecule has 0 aromatic heterocycles. The summed E-state index contributed by atoms with van der Waals surface area (Å²) in [7, 11) is 0. The Bertz CT molecular complexity index is 557. The molecule has 1 unspecified atom stereocenters. The lowest BCUT2D eigenvalue weighted by atomic mass is 10.1. The molecule has 2 nitrogen and oxygen atoms in total. The van der Waals surface area contributed by atoms with Crippen molar-refractivity contribution in [1.82, 2.24) is 0 Å². The largest absolute Gasteiger partial charge is 0.492 e. The van der Waals surface area contributed by atoms with Gasteiger partial charge < -0.3 is 10.5 Å². The van der Waals surface area contributed by atoms with E-state index in [0.29, 0.717) is 22.9 Å². The average molecular weight is 280 g/mol. The van der Waals surface area contributed by atoms with Crippen LogP contribution >= 0.6 is 11.6 Å². The van der Waals surface area contributed by atoms with E-state index in [9.17, 15) is 4.39 Å². The molecule has 0 fully saturated rings. The highest BCUT2D eigenvalue weighted by Crippen LogP contribution is 2.19. The molecular formula is C15H15ClFNO. The fraction of sp³-hybridized carbons (Fsp3) is 0.200. The molecule has 2 N–H and O–H groups in total. The van der Waals surface area contributed by atoms with Crippen LogP contribution in [0.1, 0.15) is 17.2 Å². The number of rotatable bonds is 4. The maximum Gasteiger partial charge on any atom is 0.126 e. The molecule has 0 aliphatic rings. The molecule has 0 radical (unpaired) electrons. The number of hydrogen-bond acceptors (Lipinski definition) is 2. The number of ether oxygens (including phenoxy) is 1. The minimum atomic E-state index is -0.296. The summed E-state index contributed by atoms with van der Waals surface area (Å²) in [5.41, 5.74) is 7.46. The van der Waals surface area contributed by atoms with Crippen molar-refractivity contribution in [2.75, 3.05) is 6.61 Å². The molecule has 0 aliphatic carbocycles. The van der Waals surface area contributed by atoms with Crippen molar-refractivity contribution in [1.29, 1.82) is 0 Å². The van der Waals surface area contributed by atoms with Gasteiger partial charge in [0.2, 0.25) is 0 Å². The molecule has 0 aliphatic heterocycles. The molecule has 0 saturated heterocycles. The highest BCUT2D eigenvalue weighted by atomic mass is 35.5. The Labute approximate surface area is 117 Å². The van der Waals surface area contributed by atoms with Gasteiger partial charge >= 0.3 is 0 Å². The number of nitrogens with two attached hydrogens (primary N) is 1. The lowest BCUT2D eigenvalue weighted by Gasteiger charge is -2.14. The highest BCUT2D eigenvalue weighted by Gasteiger charge is 2.09. The van der Waals surface area contributed by atoms with Gasteiger partial charge in [0, 0.05) is 5.02 Å². The van der Waals surface area contributed by atoms with Crippen molar-refractivity contribution in [3.63, 3.8) is 0 Å². The van der Waals surface area contributed by atoms with Gasteiger partial charge in [-0.2, -0.15) is 0 Å². The maximum atomic E-state index is 13.2. The SMILES string of the molecule is Cc1cc(C(N)COc2ccc(Cl)cc2)ccc1F. The van der Waals surface area contributed by atoms with Crippen molar-refractivity contribution < 1.29 is 9.13 Å². The van der Waals surface area contributed by atoms with Gasteiger partial charge in [0.1, 0.15) is 18.2 Å². The minimum Gasteiger partial charge on any atom is -0.492 e. The first-order valence-corrected chi connectivity index (χ1v) is 6.34. The van der Waals surface area contributed by atoms with Crippen molar-refractivity contribution in [3.8, 4) is 5.75 Å². The highest BCUT2D eigenvalue weighted by molar-refractivity contribution is 6.30. The fourth-order valence-electron chi connectivity index (χ4n) is 1.71. The summed E-state index contributed by atoms with van der Waals surface area (Å²) in [6, 6.07) is 11.6. The molecule has 1 atom stereocenters. The molecule has 2 rings (SSSR count). The first kappa shape index (κ1) is 13.8. The Morgan fingerprint density at radius 2 is 1.89 bits per heavy atom. The smallest absolute Gasteiger partial charge is 0.126 e. The minimum absolute atomic E-state index is 0.227. The van der Waals surface area contributed by atoms with Crippen molar-refractivity contribution >= 4 is 11.6 Å². The van der Waals surface area contributed by atoms with Gasteiger partial charge in [-0.1, -0.05) is 23.7 Å². The lowest BCUT2D eigenvalue weighted by Crippen LogP contribution is -2.19. The van der Waals surface area contributed by atoms with E-state index >= 15 is 0 Å². The van der Waals surface area contributed by atoms with Crippen LogP contribution in [-0.4, -0.2) is 6.61 Å². The molecule has 2 aromatic carbocycles. The second kappa shape index (κ2) is 6.04. The van der Waals surface area contributed by atoms with E-state index in [1.807, 2.05) is 0 Å². The van der Waals surface area contributed by atoms with Crippen LogP contribution in [0.5, 0.6) is 5.75 Å². The molecule has 0 amide bonds. The zero-order valence-electron chi connectivity index (χ0n) is 10.6. The molecule has 100 valence electrons. The zero-order chi connectivity index (χ0) is 13.8. The van der Waals surface area contributed by atoms with E-state index in [4.69, 9.17) is 22.1 Å². The van der Waals surface area contributed by atoms with Crippen molar-refractivity contribution in [3.05, 3.63) is 64.4 Å². The standard InChI is InChI=1S/C15H15ClFNO/c1-10-8-11(2-7-14(10)17)15(18)9-19-13-5-3-12(16)4-6-13/h2-8,15H,9,18H2,1H3. The van der Waals surface area contributed by atoms with Crippen molar-refractivity contribution in [2.24, 2.45) is 5.73 Å². The van der Waals surface area contributed by atoms with Gasteiger partial charge in [-0.25, -0.2) is 4.39 Å². The summed E-state index contributed by atoms with van der Waals surface area (Å²) in [5.74, 6) is 0.480. The van der Waals surface area contributed by atoms with E-state index in [1.54, 1.807) is 43.3 Å². The third-order valence-corrected chi connectivity index (χ3v) is 3.11. The van der Waals surface area contributed by atoms with E-state index in [1.165, 1.54) is 6.07 Å². The molecule has 4 heteroatoms. The first-order valence-electron chi connectivity index (χ1n) is 5.96. The Hall–Kier alpha value is -1.58. The Morgan fingerprint density at radius 3 is 2.53 bits per heavy atom. The number of halogens is 2. The second-order valence-corrected chi connectivity index (χ2v) is 4.82. The number of hydrogen-bond donors (Lipinski definition) is 1. The Kier molecular flexibility index (Phi) is 4.40. The third-order valence-electron chi connectivity index (χ3n) is 2.85. The van der Waals surface area contributed by atoms with Gasteiger partial charge in [0.15, 0.2) is 0 Å². The van der Waals surface area contributed by atoms with E-state index in [-0.39, 0.29) is 11.9 Å². The zero-order valence-corrected chi connectivity index (χ0v) is 11.3. The topological polar surface area (TPSA) is 35.2 Å². The summed E-state index contributed by atoms with van der Waals surface area (Å²) in [6.07, 6.45) is 0. The summed E-state index contributed by atoms with van der Waals surface area (Å²) < 4.78 is 18.7. The summed E-state index contributed by atoms with van der Waals surface area (Å²) in [6.45, 7) is 2.04. The van der Waals surface area contributed by atoms with Gasteiger partial charge in [-0.3, -0.25) is 0 Å². The Balaban J connectivity index is 1.98. The van der Waals surface area contributed by atoms with Crippen LogP contribution in [-0.2, 0) is 0 Å². The second-order valence-electron chi connectivity index (χ2n) is 4.38. The van der Waals surface area contributed by atoms with Gasteiger partial charge in [-0.05, 0) is 48.4 Å². The molecule has 2 aromatic rings. The molecule has 0 spiro atoms. The van der Waals surface area contributed by atoms with Crippen LogP contribution < -0.4 is 10.5 Å².